The molecule has 0 amide bonds. The number of halogens is 3. The molecule has 5 heteroatoms. The number of benzene rings is 2. The van der Waals surface area contributed by atoms with Gasteiger partial charge in [-0.05, 0) is 51.8 Å². The van der Waals surface area contributed by atoms with Crippen LogP contribution < -0.4 is 9.47 Å². The first-order valence-electron chi connectivity index (χ1n) is 5.93. The zero-order chi connectivity index (χ0) is 14.5. The molecular weight excluding hydrogens is 407 g/mol. The van der Waals surface area contributed by atoms with Crippen molar-refractivity contribution in [1.29, 1.82) is 0 Å². The number of hydrogen-bond donors (Lipinski definition) is 0. The molecule has 2 rings (SSSR count). The summed E-state index contributed by atoms with van der Waals surface area (Å²) in [5.74, 6) is 1.55. The Morgan fingerprint density at radius 3 is 2.50 bits per heavy atom. The highest BCUT2D eigenvalue weighted by molar-refractivity contribution is 9.10. The molecule has 0 aliphatic heterocycles. The van der Waals surface area contributed by atoms with Crippen LogP contribution in [0.1, 0.15) is 11.1 Å². The maximum Gasteiger partial charge on any atom is 0.134 e. The summed E-state index contributed by atoms with van der Waals surface area (Å²) < 4.78 is 12.0. The highest BCUT2D eigenvalue weighted by Crippen LogP contribution is 2.29. The third-order valence-corrected chi connectivity index (χ3v) is 4.28. The second kappa shape index (κ2) is 7.34. The zero-order valence-electron chi connectivity index (χ0n) is 10.8. The van der Waals surface area contributed by atoms with Gasteiger partial charge in [0.2, 0.25) is 0 Å². The van der Waals surface area contributed by atoms with Crippen LogP contribution in [0.2, 0.25) is 5.02 Å². The lowest BCUT2D eigenvalue weighted by Gasteiger charge is -2.12. The highest BCUT2D eigenvalue weighted by atomic mass is 79.9. The molecule has 2 nitrogen and oxygen atoms in total. The van der Waals surface area contributed by atoms with Crippen LogP contribution in [0.4, 0.5) is 0 Å². The summed E-state index contributed by atoms with van der Waals surface area (Å²) in [5.41, 5.74) is 2.10. The fraction of sp³-hybridized carbons (Fsp3) is 0.200. The van der Waals surface area contributed by atoms with E-state index in [1.54, 1.807) is 13.2 Å². The van der Waals surface area contributed by atoms with E-state index in [1.165, 1.54) is 5.56 Å². The number of methoxy groups -OCH3 is 1. The van der Waals surface area contributed by atoms with E-state index in [9.17, 15) is 0 Å². The Morgan fingerprint density at radius 2 is 1.85 bits per heavy atom. The first-order valence-corrected chi connectivity index (χ1v) is 8.23. The van der Waals surface area contributed by atoms with Crippen molar-refractivity contribution < 1.29 is 9.47 Å². The predicted octanol–water partition coefficient (Wildman–Crippen LogP) is 5.59. The molecule has 0 saturated heterocycles. The van der Waals surface area contributed by atoms with E-state index in [-0.39, 0.29) is 0 Å². The molecule has 0 aliphatic carbocycles. The largest absolute Gasteiger partial charge is 0.496 e. The van der Waals surface area contributed by atoms with Crippen molar-refractivity contribution in [3.05, 3.63) is 57.0 Å². The molecule has 0 radical (unpaired) electrons. The Hall–Kier alpha value is -0.710. The molecular formula is C15H13Br2ClO2. The fourth-order valence-corrected chi connectivity index (χ4v) is 2.84. The van der Waals surface area contributed by atoms with Crippen molar-refractivity contribution in [3.8, 4) is 11.5 Å². The summed E-state index contributed by atoms with van der Waals surface area (Å²) in [6, 6.07) is 11.5. The topological polar surface area (TPSA) is 18.5 Å². The normalized spacial score (nSPS) is 10.4. The number of ether oxygens (including phenoxy) is 2. The van der Waals surface area contributed by atoms with Crippen molar-refractivity contribution in [1.82, 2.24) is 0 Å². The minimum atomic E-state index is 0.399. The van der Waals surface area contributed by atoms with Crippen LogP contribution in [0.15, 0.2) is 40.9 Å². The third kappa shape index (κ3) is 3.90. The average Bonchev–Trinajstić information content (AvgIpc) is 2.46. The van der Waals surface area contributed by atoms with Crippen molar-refractivity contribution in [2.24, 2.45) is 0 Å². The second-order valence-corrected chi connectivity index (χ2v) is 5.99. The first kappa shape index (κ1) is 15.7. The van der Waals surface area contributed by atoms with Gasteiger partial charge in [0.25, 0.3) is 0 Å². The molecule has 0 aliphatic rings. The van der Waals surface area contributed by atoms with Gasteiger partial charge in [-0.25, -0.2) is 0 Å². The molecule has 0 saturated carbocycles. The van der Waals surface area contributed by atoms with Crippen LogP contribution in [0, 0.1) is 0 Å². The standard InChI is InChI=1S/C15H13Br2ClO2/c1-19-14-5-3-12(18)7-11(14)9-20-15-4-2-10(8-16)6-13(15)17/h2-7H,8-9H2,1H3. The van der Waals surface area contributed by atoms with Gasteiger partial charge in [0, 0.05) is 15.9 Å². The molecule has 0 bridgehead atoms. The smallest absolute Gasteiger partial charge is 0.134 e. The minimum Gasteiger partial charge on any atom is -0.496 e. The molecule has 0 heterocycles. The first-order chi connectivity index (χ1) is 9.63. The van der Waals surface area contributed by atoms with Crippen LogP contribution in [0.3, 0.4) is 0 Å². The Morgan fingerprint density at radius 1 is 1.10 bits per heavy atom. The van der Waals surface area contributed by atoms with Gasteiger partial charge >= 0.3 is 0 Å². The SMILES string of the molecule is COc1ccc(Cl)cc1COc1ccc(CBr)cc1Br. The van der Waals surface area contributed by atoms with Gasteiger partial charge in [-0.1, -0.05) is 33.6 Å². The Balaban J connectivity index is 2.14. The predicted molar refractivity (Wildman–Crippen MR) is 89.1 cm³/mol. The third-order valence-electron chi connectivity index (χ3n) is 2.78. The van der Waals surface area contributed by atoms with Crippen LogP contribution in [0.5, 0.6) is 11.5 Å². The molecule has 20 heavy (non-hydrogen) atoms. The van der Waals surface area contributed by atoms with Crippen molar-refractivity contribution in [3.63, 3.8) is 0 Å². The second-order valence-electron chi connectivity index (χ2n) is 4.14. The summed E-state index contributed by atoms with van der Waals surface area (Å²) in [5, 5.41) is 1.48. The van der Waals surface area contributed by atoms with Crippen molar-refractivity contribution in [2.75, 3.05) is 7.11 Å². The highest BCUT2D eigenvalue weighted by Gasteiger charge is 2.07. The Bertz CT molecular complexity index is 602. The zero-order valence-corrected chi connectivity index (χ0v) is 14.8. The summed E-state index contributed by atoms with van der Waals surface area (Å²) in [4.78, 5) is 0. The van der Waals surface area contributed by atoms with E-state index in [0.29, 0.717) is 11.6 Å². The fourth-order valence-electron chi connectivity index (χ4n) is 1.76. The van der Waals surface area contributed by atoms with Gasteiger partial charge in [-0.3, -0.25) is 0 Å². The van der Waals surface area contributed by atoms with Crippen LogP contribution >= 0.6 is 43.5 Å². The summed E-state index contributed by atoms with van der Waals surface area (Å²) in [6.45, 7) is 0.399. The molecule has 0 spiro atoms. The van der Waals surface area contributed by atoms with E-state index in [0.717, 1.165) is 26.9 Å². The van der Waals surface area contributed by atoms with Crippen LogP contribution in [0.25, 0.3) is 0 Å². The molecule has 0 fully saturated rings. The maximum absolute atomic E-state index is 6.00. The van der Waals surface area contributed by atoms with E-state index < -0.39 is 0 Å². The van der Waals surface area contributed by atoms with Gasteiger partial charge < -0.3 is 9.47 Å². The van der Waals surface area contributed by atoms with Gasteiger partial charge in [-0.2, -0.15) is 0 Å². The number of alkyl halides is 1. The van der Waals surface area contributed by atoms with Gasteiger partial charge in [0.05, 0.1) is 11.6 Å². The molecule has 0 aromatic heterocycles. The molecule has 0 unspecified atom stereocenters. The van der Waals surface area contributed by atoms with Crippen molar-refractivity contribution >= 4 is 43.5 Å². The van der Waals surface area contributed by atoms with Crippen molar-refractivity contribution in [2.45, 2.75) is 11.9 Å². The summed E-state index contributed by atoms with van der Waals surface area (Å²) >= 11 is 12.9. The number of hydrogen-bond acceptors (Lipinski definition) is 2. The minimum absolute atomic E-state index is 0.399. The lowest BCUT2D eigenvalue weighted by molar-refractivity contribution is 0.295. The number of rotatable bonds is 5. The Labute approximate surface area is 140 Å². The van der Waals surface area contributed by atoms with Crippen LogP contribution in [-0.2, 0) is 11.9 Å². The molecule has 106 valence electrons. The molecule has 0 N–H and O–H groups in total. The van der Waals surface area contributed by atoms with Gasteiger partial charge in [-0.15, -0.1) is 0 Å². The summed E-state index contributed by atoms with van der Waals surface area (Å²) in [6.07, 6.45) is 0. The lowest BCUT2D eigenvalue weighted by atomic mass is 10.2. The van der Waals surface area contributed by atoms with E-state index in [1.807, 2.05) is 30.3 Å². The maximum atomic E-state index is 6.00. The van der Waals surface area contributed by atoms with E-state index in [4.69, 9.17) is 21.1 Å². The van der Waals surface area contributed by atoms with Gasteiger partial charge in [0.15, 0.2) is 0 Å². The van der Waals surface area contributed by atoms with E-state index >= 15 is 0 Å². The monoisotopic (exact) mass is 418 g/mol. The molecule has 2 aromatic carbocycles. The average molecular weight is 421 g/mol. The van der Waals surface area contributed by atoms with E-state index in [2.05, 4.69) is 31.9 Å². The van der Waals surface area contributed by atoms with Gasteiger partial charge in [0.1, 0.15) is 18.1 Å². The quantitative estimate of drug-likeness (QED) is 0.588. The molecule has 0 atom stereocenters. The summed E-state index contributed by atoms with van der Waals surface area (Å²) in [7, 11) is 1.63. The molecule has 2 aromatic rings. The Kier molecular flexibility index (Phi) is 5.75. The van der Waals surface area contributed by atoms with Crippen LogP contribution in [-0.4, -0.2) is 7.11 Å². The lowest BCUT2D eigenvalue weighted by Crippen LogP contribution is -1.99.